The smallest absolute Gasteiger partial charge is 0.234 e. The maximum atomic E-state index is 5.42. The monoisotopic (exact) mass is 283 g/mol. The molecule has 21 heavy (non-hydrogen) atoms. The van der Waals surface area contributed by atoms with Gasteiger partial charge in [-0.2, -0.15) is 0 Å². The third-order valence-corrected chi connectivity index (χ3v) is 3.44. The van der Waals surface area contributed by atoms with Crippen molar-refractivity contribution in [1.82, 2.24) is 14.4 Å². The zero-order valence-electron chi connectivity index (χ0n) is 12.5. The summed E-state index contributed by atoms with van der Waals surface area (Å²) in [6, 6.07) is 7.69. The average molecular weight is 283 g/mol. The van der Waals surface area contributed by atoms with Crippen LogP contribution in [-0.2, 0) is 0 Å². The van der Waals surface area contributed by atoms with Crippen LogP contribution < -0.4 is 9.47 Å². The molecule has 0 saturated heterocycles. The molecular weight excluding hydrogens is 266 g/mol. The molecule has 1 aromatic carbocycles. The number of rotatable bonds is 3. The maximum Gasteiger partial charge on any atom is 0.234 e. The quantitative estimate of drug-likeness (QED) is 0.741. The number of hydrogen-bond donors (Lipinski definition) is 0. The summed E-state index contributed by atoms with van der Waals surface area (Å²) in [6.45, 7) is 4.00. The molecule has 0 fully saturated rings. The highest BCUT2D eigenvalue weighted by molar-refractivity contribution is 5.70. The number of aryl methyl sites for hydroxylation is 2. The van der Waals surface area contributed by atoms with Crippen LogP contribution >= 0.6 is 0 Å². The Kier molecular flexibility index (Phi) is 3.25. The standard InChI is InChI=1S/C16H17N3O2/c1-10-7-11(2)19-9-14(18-16(19)17-10)13-8-12(20-3)5-6-15(13)21-4/h5-9H,1-4H3. The molecule has 0 unspecified atom stereocenters. The normalized spacial score (nSPS) is 10.9. The highest BCUT2D eigenvalue weighted by Crippen LogP contribution is 2.32. The summed E-state index contributed by atoms with van der Waals surface area (Å²) >= 11 is 0. The maximum absolute atomic E-state index is 5.42. The van der Waals surface area contributed by atoms with Crippen LogP contribution in [0.25, 0.3) is 17.0 Å². The summed E-state index contributed by atoms with van der Waals surface area (Å²) in [5.41, 5.74) is 3.75. The van der Waals surface area contributed by atoms with Crippen LogP contribution in [0, 0.1) is 13.8 Å². The molecule has 0 N–H and O–H groups in total. The van der Waals surface area contributed by atoms with Crippen LogP contribution in [0.3, 0.4) is 0 Å². The van der Waals surface area contributed by atoms with E-state index in [1.807, 2.05) is 48.7 Å². The lowest BCUT2D eigenvalue weighted by Crippen LogP contribution is -1.94. The summed E-state index contributed by atoms with van der Waals surface area (Å²) < 4.78 is 12.7. The molecule has 0 bridgehead atoms. The van der Waals surface area contributed by atoms with Crippen LogP contribution in [0.5, 0.6) is 11.5 Å². The van der Waals surface area contributed by atoms with E-state index in [-0.39, 0.29) is 0 Å². The Bertz CT molecular complexity index is 809. The summed E-state index contributed by atoms with van der Waals surface area (Å²) in [4.78, 5) is 9.07. The van der Waals surface area contributed by atoms with Gasteiger partial charge in [-0.3, -0.25) is 4.40 Å². The van der Waals surface area contributed by atoms with E-state index in [0.717, 1.165) is 34.1 Å². The number of fused-ring (bicyclic) bond motifs is 1. The third-order valence-electron chi connectivity index (χ3n) is 3.44. The minimum Gasteiger partial charge on any atom is -0.497 e. The number of methoxy groups -OCH3 is 2. The number of benzene rings is 1. The Labute approximate surface area is 123 Å². The van der Waals surface area contributed by atoms with E-state index in [1.54, 1.807) is 14.2 Å². The molecule has 0 aliphatic heterocycles. The molecule has 2 heterocycles. The van der Waals surface area contributed by atoms with Gasteiger partial charge >= 0.3 is 0 Å². The van der Waals surface area contributed by atoms with E-state index in [9.17, 15) is 0 Å². The lowest BCUT2D eigenvalue weighted by molar-refractivity contribution is 0.404. The van der Waals surface area contributed by atoms with E-state index in [2.05, 4.69) is 9.97 Å². The summed E-state index contributed by atoms with van der Waals surface area (Å²) in [5, 5.41) is 0. The van der Waals surface area contributed by atoms with Crippen LogP contribution in [0.2, 0.25) is 0 Å². The Morgan fingerprint density at radius 3 is 2.52 bits per heavy atom. The first-order valence-corrected chi connectivity index (χ1v) is 6.68. The molecular formula is C16H17N3O2. The van der Waals surface area contributed by atoms with E-state index < -0.39 is 0 Å². The highest BCUT2D eigenvalue weighted by Gasteiger charge is 2.13. The van der Waals surface area contributed by atoms with Gasteiger partial charge in [-0.25, -0.2) is 9.97 Å². The predicted molar refractivity (Wildman–Crippen MR) is 81.0 cm³/mol. The first-order valence-electron chi connectivity index (χ1n) is 6.68. The largest absolute Gasteiger partial charge is 0.497 e. The van der Waals surface area contributed by atoms with Crippen LogP contribution in [0.1, 0.15) is 11.4 Å². The first kappa shape index (κ1) is 13.4. The second-order valence-electron chi connectivity index (χ2n) is 4.90. The van der Waals surface area contributed by atoms with Gasteiger partial charge in [-0.05, 0) is 38.1 Å². The molecule has 0 spiro atoms. The summed E-state index contributed by atoms with van der Waals surface area (Å²) in [5.74, 6) is 2.21. The van der Waals surface area contributed by atoms with Crippen molar-refractivity contribution in [3.63, 3.8) is 0 Å². The van der Waals surface area contributed by atoms with Crippen LogP contribution in [-0.4, -0.2) is 28.6 Å². The molecule has 5 nitrogen and oxygen atoms in total. The van der Waals surface area contributed by atoms with Gasteiger partial charge in [-0.1, -0.05) is 0 Å². The summed E-state index contributed by atoms with van der Waals surface area (Å²) in [6.07, 6.45) is 1.97. The SMILES string of the molecule is COc1ccc(OC)c(-c2cn3c(C)cc(C)nc3n2)c1. The van der Waals surface area contributed by atoms with Gasteiger partial charge in [0.1, 0.15) is 11.5 Å². The minimum atomic E-state index is 0.687. The molecule has 5 heteroatoms. The second-order valence-corrected chi connectivity index (χ2v) is 4.90. The zero-order valence-corrected chi connectivity index (χ0v) is 12.5. The van der Waals surface area contributed by atoms with Crippen molar-refractivity contribution in [3.8, 4) is 22.8 Å². The Morgan fingerprint density at radius 1 is 1.00 bits per heavy atom. The number of ether oxygens (including phenoxy) is 2. The van der Waals surface area contributed by atoms with Gasteiger partial charge in [0.05, 0.1) is 19.9 Å². The van der Waals surface area contributed by atoms with Gasteiger partial charge in [0, 0.05) is 23.1 Å². The molecule has 0 amide bonds. The van der Waals surface area contributed by atoms with E-state index in [1.165, 1.54) is 0 Å². The van der Waals surface area contributed by atoms with Crippen molar-refractivity contribution >= 4 is 5.78 Å². The van der Waals surface area contributed by atoms with Crippen LogP contribution in [0.15, 0.2) is 30.5 Å². The lowest BCUT2D eigenvalue weighted by atomic mass is 10.1. The molecule has 0 saturated carbocycles. The molecule has 0 atom stereocenters. The van der Waals surface area contributed by atoms with Gasteiger partial charge in [-0.15, -0.1) is 0 Å². The number of hydrogen-bond acceptors (Lipinski definition) is 4. The third kappa shape index (κ3) is 2.31. The van der Waals surface area contributed by atoms with Crippen molar-refractivity contribution in [1.29, 1.82) is 0 Å². The van der Waals surface area contributed by atoms with Crippen LogP contribution in [0.4, 0.5) is 0 Å². The Balaban J connectivity index is 2.22. The molecule has 0 aliphatic rings. The number of imidazole rings is 1. The molecule has 0 aliphatic carbocycles. The fourth-order valence-corrected chi connectivity index (χ4v) is 2.41. The molecule has 3 rings (SSSR count). The van der Waals surface area contributed by atoms with Gasteiger partial charge in [0.25, 0.3) is 0 Å². The molecule has 108 valence electrons. The topological polar surface area (TPSA) is 48.7 Å². The fraction of sp³-hybridized carbons (Fsp3) is 0.250. The van der Waals surface area contributed by atoms with E-state index in [4.69, 9.17) is 9.47 Å². The minimum absolute atomic E-state index is 0.687. The van der Waals surface area contributed by atoms with Crippen molar-refractivity contribution < 1.29 is 9.47 Å². The van der Waals surface area contributed by atoms with E-state index >= 15 is 0 Å². The summed E-state index contributed by atoms with van der Waals surface area (Å²) in [7, 11) is 3.29. The number of nitrogens with zero attached hydrogens (tertiary/aromatic N) is 3. The van der Waals surface area contributed by atoms with Crippen molar-refractivity contribution in [2.24, 2.45) is 0 Å². The van der Waals surface area contributed by atoms with Crippen molar-refractivity contribution in [2.45, 2.75) is 13.8 Å². The molecule has 3 aromatic rings. The second kappa shape index (κ2) is 5.09. The Hall–Kier alpha value is -2.56. The predicted octanol–water partition coefficient (Wildman–Crippen LogP) is 3.03. The van der Waals surface area contributed by atoms with E-state index in [0.29, 0.717) is 5.78 Å². The number of aromatic nitrogens is 3. The van der Waals surface area contributed by atoms with Crippen molar-refractivity contribution in [2.75, 3.05) is 14.2 Å². The molecule has 0 radical (unpaired) electrons. The zero-order chi connectivity index (χ0) is 15.0. The lowest BCUT2D eigenvalue weighted by Gasteiger charge is -2.08. The average Bonchev–Trinajstić information content (AvgIpc) is 2.90. The van der Waals surface area contributed by atoms with Gasteiger partial charge < -0.3 is 9.47 Å². The van der Waals surface area contributed by atoms with Gasteiger partial charge in [0.15, 0.2) is 0 Å². The Morgan fingerprint density at radius 2 is 1.81 bits per heavy atom. The highest BCUT2D eigenvalue weighted by atomic mass is 16.5. The molecule has 2 aromatic heterocycles. The first-order chi connectivity index (χ1) is 10.1. The fourth-order valence-electron chi connectivity index (χ4n) is 2.41. The van der Waals surface area contributed by atoms with Crippen molar-refractivity contribution in [3.05, 3.63) is 41.9 Å². The van der Waals surface area contributed by atoms with Gasteiger partial charge in [0.2, 0.25) is 5.78 Å².